The smallest absolute Gasteiger partial charge is 0.222 e. The predicted octanol–water partition coefficient (Wildman–Crippen LogP) is 5.87. The van der Waals surface area contributed by atoms with Gasteiger partial charge in [-0.1, -0.05) is 43.3 Å². The number of aromatic hydroxyl groups is 1. The molecule has 1 N–H and O–H groups in total. The molecule has 0 bridgehead atoms. The Labute approximate surface area is 203 Å². The van der Waals surface area contributed by atoms with E-state index in [1.807, 2.05) is 42.3 Å². The van der Waals surface area contributed by atoms with E-state index in [2.05, 4.69) is 25.1 Å². The zero-order valence-electron chi connectivity index (χ0n) is 20.5. The summed E-state index contributed by atoms with van der Waals surface area (Å²) in [5.74, 6) is 2.81. The van der Waals surface area contributed by atoms with Crippen molar-refractivity contribution >= 4 is 11.7 Å². The van der Waals surface area contributed by atoms with Crippen LogP contribution >= 0.6 is 0 Å². The molecule has 0 radical (unpaired) electrons. The summed E-state index contributed by atoms with van der Waals surface area (Å²) in [4.78, 5) is 27.8. The maximum atomic E-state index is 13.2. The minimum absolute atomic E-state index is 0.184. The Hall–Kier alpha value is -2.62. The number of carbonyl (C=O) groups excluding carboxylic acids is 2. The third-order valence-electron chi connectivity index (χ3n) is 9.21. The monoisotopic (exact) mass is 459 g/mol. The molecule has 5 rings (SSSR count). The highest BCUT2D eigenvalue weighted by Crippen LogP contribution is 2.62. The van der Waals surface area contributed by atoms with Crippen LogP contribution in [0.15, 0.2) is 48.5 Å². The summed E-state index contributed by atoms with van der Waals surface area (Å²) >= 11 is 0. The largest absolute Gasteiger partial charge is 0.508 e. The first kappa shape index (κ1) is 23.1. The van der Waals surface area contributed by atoms with Crippen molar-refractivity contribution in [3.8, 4) is 5.75 Å². The van der Waals surface area contributed by atoms with Gasteiger partial charge in [-0.3, -0.25) is 9.59 Å². The van der Waals surface area contributed by atoms with Gasteiger partial charge in [0.2, 0.25) is 5.91 Å². The molecule has 0 aliphatic heterocycles. The molecule has 0 heterocycles. The molecular weight excluding hydrogens is 422 g/mol. The minimum atomic E-state index is -0.200. The fraction of sp³-hybridized carbons (Fsp3) is 0.533. The summed E-state index contributed by atoms with van der Waals surface area (Å²) in [7, 11) is 1.88. The summed E-state index contributed by atoms with van der Waals surface area (Å²) in [5, 5.41) is 9.94. The molecule has 0 saturated heterocycles. The molecule has 2 saturated carbocycles. The number of aryl methyl sites for hydroxylation is 1. The van der Waals surface area contributed by atoms with Gasteiger partial charge in [-0.15, -0.1) is 0 Å². The fourth-order valence-corrected chi connectivity index (χ4v) is 7.55. The summed E-state index contributed by atoms with van der Waals surface area (Å²) < 4.78 is 0. The van der Waals surface area contributed by atoms with Crippen LogP contribution in [-0.2, 0) is 22.6 Å². The van der Waals surface area contributed by atoms with Crippen LogP contribution in [0.1, 0.15) is 74.5 Å². The van der Waals surface area contributed by atoms with Crippen LogP contribution in [-0.4, -0.2) is 28.7 Å². The van der Waals surface area contributed by atoms with Crippen LogP contribution in [0.25, 0.3) is 0 Å². The normalized spacial score (nSPS) is 29.8. The Morgan fingerprint density at radius 2 is 1.94 bits per heavy atom. The maximum Gasteiger partial charge on any atom is 0.222 e. The van der Waals surface area contributed by atoms with E-state index in [0.29, 0.717) is 54.6 Å². The molecule has 5 atom stereocenters. The number of carbonyl (C=O) groups is 2. The average Bonchev–Trinajstić information content (AvgIpc) is 3.09. The Kier molecular flexibility index (Phi) is 6.26. The van der Waals surface area contributed by atoms with Crippen LogP contribution in [0.2, 0.25) is 0 Å². The van der Waals surface area contributed by atoms with Crippen LogP contribution in [0.4, 0.5) is 0 Å². The van der Waals surface area contributed by atoms with E-state index in [1.165, 1.54) is 11.1 Å². The van der Waals surface area contributed by atoms with E-state index in [1.54, 1.807) is 0 Å². The lowest BCUT2D eigenvalue weighted by Gasteiger charge is -2.50. The standard InChI is InChI=1S/C30H37NO3/c1-30-16-15-25-24-14-12-23(32)17-21(24)11-13-26(25)29(30)22(18-27(30)33)9-6-10-28(34)31(2)19-20-7-4-3-5-8-20/h3-5,7-8,12,14,17,22,25-26,29,32H,6,9-11,13,15-16,18-19H2,1-2H3/t22-,25?,26?,29?,30-/m1/s1. The third-order valence-corrected chi connectivity index (χ3v) is 9.21. The summed E-state index contributed by atoms with van der Waals surface area (Å²) in [5.41, 5.74) is 3.63. The number of ketones is 1. The first-order valence-corrected chi connectivity index (χ1v) is 13.0. The van der Waals surface area contributed by atoms with Crippen LogP contribution < -0.4 is 0 Å². The molecule has 2 aromatic rings. The number of hydrogen-bond donors (Lipinski definition) is 1. The summed E-state index contributed by atoms with van der Waals surface area (Å²) in [6, 6.07) is 16.0. The van der Waals surface area contributed by atoms with Crippen LogP contribution in [0, 0.1) is 23.2 Å². The Morgan fingerprint density at radius 3 is 2.74 bits per heavy atom. The summed E-state index contributed by atoms with van der Waals surface area (Å²) in [6.45, 7) is 2.86. The van der Waals surface area contributed by atoms with E-state index >= 15 is 0 Å². The van der Waals surface area contributed by atoms with Gasteiger partial charge in [-0.25, -0.2) is 0 Å². The highest BCUT2D eigenvalue weighted by atomic mass is 16.3. The molecular formula is C30H37NO3. The first-order chi connectivity index (χ1) is 16.4. The van der Waals surface area contributed by atoms with Crippen molar-refractivity contribution in [3.63, 3.8) is 0 Å². The lowest BCUT2D eigenvalue weighted by atomic mass is 9.54. The Bertz CT molecular complexity index is 1060. The van der Waals surface area contributed by atoms with Crippen molar-refractivity contribution in [1.82, 2.24) is 4.90 Å². The molecule has 3 aliphatic carbocycles. The molecule has 180 valence electrons. The second-order valence-corrected chi connectivity index (χ2v) is 11.2. The van der Waals surface area contributed by atoms with Crippen molar-refractivity contribution in [2.45, 2.75) is 70.8 Å². The van der Waals surface area contributed by atoms with Gasteiger partial charge >= 0.3 is 0 Å². The number of phenolic OH excluding ortho intramolecular Hbond substituents is 1. The van der Waals surface area contributed by atoms with Gasteiger partial charge in [-0.05, 0) is 91.0 Å². The second kappa shape index (κ2) is 9.20. The Morgan fingerprint density at radius 1 is 1.15 bits per heavy atom. The third kappa shape index (κ3) is 4.16. The van der Waals surface area contributed by atoms with Gasteiger partial charge in [0.05, 0.1) is 0 Å². The SMILES string of the molecule is CN(Cc1ccccc1)C(=O)CCC[C@@H]1CC(=O)[C@@]2(C)CCC3c4ccc(O)cc4CCC3C12. The molecule has 34 heavy (non-hydrogen) atoms. The number of amides is 1. The van der Waals surface area contributed by atoms with Crippen molar-refractivity contribution in [2.75, 3.05) is 7.05 Å². The molecule has 1 amide bonds. The van der Waals surface area contributed by atoms with Crippen molar-refractivity contribution < 1.29 is 14.7 Å². The molecule has 0 aromatic heterocycles. The van der Waals surface area contributed by atoms with Crippen LogP contribution in [0.5, 0.6) is 5.75 Å². The first-order valence-electron chi connectivity index (χ1n) is 13.0. The van der Waals surface area contributed by atoms with Crippen LogP contribution in [0.3, 0.4) is 0 Å². The predicted molar refractivity (Wildman–Crippen MR) is 133 cm³/mol. The number of fused-ring (bicyclic) bond motifs is 5. The molecule has 2 aromatic carbocycles. The number of benzene rings is 2. The molecule has 2 fully saturated rings. The lowest BCUT2D eigenvalue weighted by Crippen LogP contribution is -2.44. The van der Waals surface area contributed by atoms with E-state index in [9.17, 15) is 14.7 Å². The minimum Gasteiger partial charge on any atom is -0.508 e. The number of nitrogens with zero attached hydrogens (tertiary/aromatic N) is 1. The zero-order chi connectivity index (χ0) is 23.9. The quantitative estimate of drug-likeness (QED) is 0.587. The number of Topliss-reactive ketones (excluding diaryl/α,β-unsaturated/α-hetero) is 1. The van der Waals surface area contributed by atoms with E-state index in [0.717, 1.165) is 44.1 Å². The zero-order valence-corrected chi connectivity index (χ0v) is 20.5. The van der Waals surface area contributed by atoms with Gasteiger partial charge < -0.3 is 10.0 Å². The van der Waals surface area contributed by atoms with Crippen molar-refractivity contribution in [1.29, 1.82) is 0 Å². The Balaban J connectivity index is 1.24. The van der Waals surface area contributed by atoms with E-state index in [-0.39, 0.29) is 11.3 Å². The molecule has 4 heteroatoms. The number of hydrogen-bond acceptors (Lipinski definition) is 3. The van der Waals surface area contributed by atoms with Gasteiger partial charge in [0.25, 0.3) is 0 Å². The van der Waals surface area contributed by atoms with E-state index in [4.69, 9.17) is 0 Å². The lowest BCUT2D eigenvalue weighted by molar-refractivity contribution is -0.131. The highest BCUT2D eigenvalue weighted by molar-refractivity contribution is 5.87. The van der Waals surface area contributed by atoms with Gasteiger partial charge in [-0.2, -0.15) is 0 Å². The van der Waals surface area contributed by atoms with Gasteiger partial charge in [0, 0.05) is 31.8 Å². The fourth-order valence-electron chi connectivity index (χ4n) is 7.55. The highest BCUT2D eigenvalue weighted by Gasteiger charge is 2.58. The summed E-state index contributed by atoms with van der Waals surface area (Å²) in [6.07, 6.45) is 7.16. The topological polar surface area (TPSA) is 57.6 Å². The second-order valence-electron chi connectivity index (χ2n) is 11.2. The molecule has 3 aliphatic rings. The number of phenols is 1. The molecule has 0 spiro atoms. The van der Waals surface area contributed by atoms with Gasteiger partial charge in [0.15, 0.2) is 0 Å². The van der Waals surface area contributed by atoms with Crippen molar-refractivity contribution in [2.24, 2.45) is 23.2 Å². The number of rotatable bonds is 6. The van der Waals surface area contributed by atoms with Crippen molar-refractivity contribution in [3.05, 3.63) is 65.2 Å². The molecule has 3 unspecified atom stereocenters. The molecule has 4 nitrogen and oxygen atoms in total. The van der Waals surface area contributed by atoms with E-state index < -0.39 is 0 Å². The van der Waals surface area contributed by atoms with Gasteiger partial charge in [0.1, 0.15) is 11.5 Å². The maximum absolute atomic E-state index is 13.2. The average molecular weight is 460 g/mol.